The maximum atomic E-state index is 13.6. The van der Waals surface area contributed by atoms with Crippen LogP contribution in [0.2, 0.25) is 0 Å². The van der Waals surface area contributed by atoms with Crippen LogP contribution in [0.15, 0.2) is 41.3 Å². The minimum absolute atomic E-state index is 0.0300. The number of ether oxygens (including phenoxy) is 2. The second-order valence-corrected chi connectivity index (χ2v) is 6.74. The van der Waals surface area contributed by atoms with Gasteiger partial charge in [-0.1, -0.05) is 6.07 Å². The molecule has 0 aliphatic carbocycles. The Hall–Kier alpha value is -2.28. The third kappa shape index (κ3) is 6.13. The van der Waals surface area contributed by atoms with Crippen molar-refractivity contribution in [2.24, 2.45) is 0 Å². The number of amides is 1. The Labute approximate surface area is 162 Å². The Morgan fingerprint density at radius 2 is 1.78 bits per heavy atom. The monoisotopic (exact) mass is 395 g/mol. The molecule has 146 valence electrons. The first-order chi connectivity index (χ1) is 12.9. The van der Waals surface area contributed by atoms with Crippen LogP contribution >= 0.6 is 11.8 Å². The Morgan fingerprint density at radius 3 is 2.44 bits per heavy atom. The number of rotatable bonds is 9. The van der Waals surface area contributed by atoms with Crippen LogP contribution in [-0.4, -0.2) is 24.9 Å². The number of halogens is 2. The van der Waals surface area contributed by atoms with Gasteiger partial charge >= 0.3 is 0 Å². The van der Waals surface area contributed by atoms with Gasteiger partial charge in [0.25, 0.3) is 0 Å². The van der Waals surface area contributed by atoms with E-state index in [0.29, 0.717) is 24.7 Å². The van der Waals surface area contributed by atoms with Gasteiger partial charge in [0, 0.05) is 11.0 Å². The van der Waals surface area contributed by atoms with Crippen molar-refractivity contribution in [3.63, 3.8) is 0 Å². The minimum atomic E-state index is -0.672. The van der Waals surface area contributed by atoms with Crippen LogP contribution in [0.1, 0.15) is 32.4 Å². The van der Waals surface area contributed by atoms with Gasteiger partial charge in [0.15, 0.2) is 11.5 Å². The summed E-state index contributed by atoms with van der Waals surface area (Å²) >= 11 is 1.02. The van der Waals surface area contributed by atoms with Gasteiger partial charge in [0.2, 0.25) is 5.91 Å². The molecule has 0 saturated carbocycles. The molecule has 1 amide bonds. The maximum Gasteiger partial charge on any atom is 0.230 e. The van der Waals surface area contributed by atoms with E-state index in [2.05, 4.69) is 5.32 Å². The molecule has 1 N–H and O–H groups in total. The molecule has 27 heavy (non-hydrogen) atoms. The molecule has 0 aromatic heterocycles. The van der Waals surface area contributed by atoms with Crippen LogP contribution in [0.5, 0.6) is 11.5 Å². The highest BCUT2D eigenvalue weighted by atomic mass is 32.2. The summed E-state index contributed by atoms with van der Waals surface area (Å²) in [7, 11) is 0. The summed E-state index contributed by atoms with van der Waals surface area (Å²) < 4.78 is 37.7. The Bertz CT molecular complexity index is 786. The van der Waals surface area contributed by atoms with E-state index in [1.165, 1.54) is 12.1 Å². The SMILES string of the molecule is CCOc1ccc(C(C)NC(=O)CSc2ccc(F)cc2F)cc1OCC. The van der Waals surface area contributed by atoms with Crippen molar-refractivity contribution < 1.29 is 23.0 Å². The fourth-order valence-electron chi connectivity index (χ4n) is 2.44. The van der Waals surface area contributed by atoms with E-state index in [1.807, 2.05) is 39.0 Å². The highest BCUT2D eigenvalue weighted by molar-refractivity contribution is 8.00. The van der Waals surface area contributed by atoms with E-state index < -0.39 is 11.6 Å². The van der Waals surface area contributed by atoms with Gasteiger partial charge in [-0.2, -0.15) is 0 Å². The molecule has 1 unspecified atom stereocenters. The van der Waals surface area contributed by atoms with Gasteiger partial charge in [-0.3, -0.25) is 4.79 Å². The van der Waals surface area contributed by atoms with Crippen LogP contribution in [0.4, 0.5) is 8.78 Å². The van der Waals surface area contributed by atoms with E-state index in [0.717, 1.165) is 23.4 Å². The molecule has 0 heterocycles. The molecule has 0 aliphatic heterocycles. The molecule has 4 nitrogen and oxygen atoms in total. The zero-order chi connectivity index (χ0) is 19.8. The van der Waals surface area contributed by atoms with E-state index in [-0.39, 0.29) is 22.6 Å². The summed E-state index contributed by atoms with van der Waals surface area (Å²) in [6, 6.07) is 8.56. The number of benzene rings is 2. The van der Waals surface area contributed by atoms with Gasteiger partial charge in [-0.15, -0.1) is 11.8 Å². The lowest BCUT2D eigenvalue weighted by molar-refractivity contribution is -0.119. The fourth-order valence-corrected chi connectivity index (χ4v) is 3.17. The average Bonchev–Trinajstić information content (AvgIpc) is 2.62. The van der Waals surface area contributed by atoms with Crippen LogP contribution in [0.25, 0.3) is 0 Å². The first-order valence-electron chi connectivity index (χ1n) is 8.71. The number of hydrogen-bond acceptors (Lipinski definition) is 4. The summed E-state index contributed by atoms with van der Waals surface area (Å²) in [5.74, 6) is -0.251. The summed E-state index contributed by atoms with van der Waals surface area (Å²) in [6.07, 6.45) is 0. The van der Waals surface area contributed by atoms with E-state index >= 15 is 0 Å². The highest BCUT2D eigenvalue weighted by Crippen LogP contribution is 2.31. The van der Waals surface area contributed by atoms with E-state index in [4.69, 9.17) is 9.47 Å². The third-order valence-electron chi connectivity index (χ3n) is 3.70. The van der Waals surface area contributed by atoms with Gasteiger partial charge < -0.3 is 14.8 Å². The molecule has 7 heteroatoms. The van der Waals surface area contributed by atoms with Crippen LogP contribution in [0, 0.1) is 11.6 Å². The molecule has 1 atom stereocenters. The van der Waals surface area contributed by atoms with Crippen molar-refractivity contribution >= 4 is 17.7 Å². The zero-order valence-corrected chi connectivity index (χ0v) is 16.4. The summed E-state index contributed by atoms with van der Waals surface area (Å²) in [4.78, 5) is 12.4. The first-order valence-corrected chi connectivity index (χ1v) is 9.69. The highest BCUT2D eigenvalue weighted by Gasteiger charge is 2.14. The second-order valence-electron chi connectivity index (χ2n) is 5.72. The smallest absolute Gasteiger partial charge is 0.230 e. The molecule has 0 fully saturated rings. The molecule has 0 radical (unpaired) electrons. The van der Waals surface area contributed by atoms with Crippen molar-refractivity contribution in [3.05, 3.63) is 53.6 Å². The number of carbonyl (C=O) groups is 1. The van der Waals surface area contributed by atoms with Gasteiger partial charge in [-0.05, 0) is 50.6 Å². The molecule has 2 rings (SSSR count). The Morgan fingerprint density at radius 1 is 1.07 bits per heavy atom. The number of thioether (sulfide) groups is 1. The Kier molecular flexibility index (Phi) is 7.91. The molecule has 0 bridgehead atoms. The van der Waals surface area contributed by atoms with Gasteiger partial charge in [0.05, 0.1) is 25.0 Å². The predicted octanol–water partition coefficient (Wildman–Crippen LogP) is 4.73. The van der Waals surface area contributed by atoms with Crippen LogP contribution < -0.4 is 14.8 Å². The van der Waals surface area contributed by atoms with Gasteiger partial charge in [-0.25, -0.2) is 8.78 Å². The molecular weight excluding hydrogens is 372 g/mol. The molecule has 0 aliphatic rings. The molecule has 2 aromatic rings. The number of nitrogens with one attached hydrogen (secondary N) is 1. The summed E-state index contributed by atoms with van der Waals surface area (Å²) in [5.41, 5.74) is 0.869. The fraction of sp³-hybridized carbons (Fsp3) is 0.350. The zero-order valence-electron chi connectivity index (χ0n) is 15.6. The molecule has 0 saturated heterocycles. The molecular formula is C20H23F2NO3S. The maximum absolute atomic E-state index is 13.6. The van der Waals surface area contributed by atoms with E-state index in [1.54, 1.807) is 0 Å². The lowest BCUT2D eigenvalue weighted by Crippen LogP contribution is -2.28. The van der Waals surface area contributed by atoms with Crippen molar-refractivity contribution in [2.45, 2.75) is 31.7 Å². The minimum Gasteiger partial charge on any atom is -0.490 e. The van der Waals surface area contributed by atoms with Crippen molar-refractivity contribution in [3.8, 4) is 11.5 Å². The van der Waals surface area contributed by atoms with Gasteiger partial charge in [0.1, 0.15) is 11.6 Å². The van der Waals surface area contributed by atoms with Crippen molar-refractivity contribution in [1.82, 2.24) is 5.32 Å². The second kappa shape index (κ2) is 10.2. The number of hydrogen-bond donors (Lipinski definition) is 1. The topological polar surface area (TPSA) is 47.6 Å². The van der Waals surface area contributed by atoms with Crippen molar-refractivity contribution in [1.29, 1.82) is 0 Å². The average molecular weight is 395 g/mol. The normalized spacial score (nSPS) is 11.7. The van der Waals surface area contributed by atoms with Crippen LogP contribution in [-0.2, 0) is 4.79 Å². The summed E-state index contributed by atoms with van der Waals surface area (Å²) in [6.45, 7) is 6.67. The van der Waals surface area contributed by atoms with E-state index in [9.17, 15) is 13.6 Å². The summed E-state index contributed by atoms with van der Waals surface area (Å²) in [5, 5.41) is 2.87. The first kappa shape index (κ1) is 21.0. The molecule has 2 aromatic carbocycles. The lowest BCUT2D eigenvalue weighted by atomic mass is 10.1. The Balaban J connectivity index is 1.98. The van der Waals surface area contributed by atoms with Crippen LogP contribution in [0.3, 0.4) is 0 Å². The third-order valence-corrected chi connectivity index (χ3v) is 4.75. The lowest BCUT2D eigenvalue weighted by Gasteiger charge is -2.17. The standard InChI is InChI=1S/C20H23F2NO3S/c1-4-25-17-8-6-14(10-18(17)26-5-2)13(3)23-20(24)12-27-19-9-7-15(21)11-16(19)22/h6-11,13H,4-5,12H2,1-3H3,(H,23,24). The van der Waals surface area contributed by atoms with Crippen molar-refractivity contribution in [2.75, 3.05) is 19.0 Å². The largest absolute Gasteiger partial charge is 0.490 e. The predicted molar refractivity (Wildman–Crippen MR) is 102 cm³/mol. The number of carbonyl (C=O) groups excluding carboxylic acids is 1. The quantitative estimate of drug-likeness (QED) is 0.624. The molecule has 0 spiro atoms.